The van der Waals surface area contributed by atoms with Gasteiger partial charge in [-0.25, -0.2) is 9.07 Å². The number of nitrogens with one attached hydrogen (secondary N) is 2. The Bertz CT molecular complexity index is 1140. The molecule has 0 aliphatic heterocycles. The van der Waals surface area contributed by atoms with E-state index >= 15 is 0 Å². The van der Waals surface area contributed by atoms with E-state index in [1.54, 1.807) is 37.3 Å². The van der Waals surface area contributed by atoms with Crippen molar-refractivity contribution in [2.75, 3.05) is 0 Å². The predicted octanol–water partition coefficient (Wildman–Crippen LogP) is 3.21. The number of nitrogens with zero attached hydrogens (tertiary/aromatic N) is 1. The molecular weight excluding hydrogens is 401 g/mol. The van der Waals surface area contributed by atoms with Crippen LogP contribution in [-0.4, -0.2) is 26.8 Å². The van der Waals surface area contributed by atoms with Crippen LogP contribution in [0.5, 0.6) is 0 Å². The summed E-state index contributed by atoms with van der Waals surface area (Å²) < 4.78 is 15.4. The molecule has 0 aliphatic rings. The quantitative estimate of drug-likeness (QED) is 0.572. The van der Waals surface area contributed by atoms with Gasteiger partial charge in [0.2, 0.25) is 0 Å². The third-order valence-corrected chi connectivity index (χ3v) is 4.59. The second-order valence-electron chi connectivity index (χ2n) is 6.44. The highest BCUT2D eigenvalue weighted by atomic mass is 35.5. The number of benzene rings is 2. The van der Waals surface area contributed by atoms with Crippen LogP contribution in [0.25, 0.3) is 5.69 Å². The molecule has 0 saturated heterocycles. The molecule has 3 N–H and O–H groups in total. The lowest BCUT2D eigenvalue weighted by Gasteiger charge is -2.18. The molecule has 29 heavy (non-hydrogen) atoms. The topological polar surface area (TPSA) is 104 Å². The summed E-state index contributed by atoms with van der Waals surface area (Å²) in [5, 5.41) is 14.6. The number of halogens is 2. The maximum atomic E-state index is 14.3. The molecule has 0 bridgehead atoms. The first-order chi connectivity index (χ1) is 13.8. The molecule has 1 atom stereocenters. The summed E-state index contributed by atoms with van der Waals surface area (Å²) in [6, 6.07) is 10.8. The first-order valence-electron chi connectivity index (χ1n) is 8.62. The van der Waals surface area contributed by atoms with Gasteiger partial charge < -0.3 is 10.4 Å². The maximum absolute atomic E-state index is 14.3. The number of carbonyl (C=O) groups excluding carboxylic acids is 1. The predicted molar refractivity (Wildman–Crippen MR) is 105 cm³/mol. The average molecular weight is 418 g/mol. The molecule has 1 aromatic heterocycles. The lowest BCUT2D eigenvalue weighted by atomic mass is 10.0. The second kappa shape index (κ2) is 8.32. The van der Waals surface area contributed by atoms with Gasteiger partial charge in [-0.05, 0) is 30.7 Å². The zero-order valence-corrected chi connectivity index (χ0v) is 16.0. The maximum Gasteiger partial charge on any atom is 0.305 e. The molecule has 1 amide bonds. The van der Waals surface area contributed by atoms with Crippen LogP contribution in [0.15, 0.2) is 53.3 Å². The van der Waals surface area contributed by atoms with Crippen molar-refractivity contribution in [3.05, 3.63) is 86.5 Å². The Morgan fingerprint density at radius 2 is 1.97 bits per heavy atom. The van der Waals surface area contributed by atoms with Crippen molar-refractivity contribution in [3.63, 3.8) is 0 Å². The number of carbonyl (C=O) groups is 2. The monoisotopic (exact) mass is 417 g/mol. The van der Waals surface area contributed by atoms with Crippen molar-refractivity contribution >= 4 is 23.5 Å². The fraction of sp³-hybridized carbons (Fsp3) is 0.150. The molecule has 0 saturated carbocycles. The van der Waals surface area contributed by atoms with Crippen molar-refractivity contribution in [2.45, 2.75) is 19.4 Å². The Labute approximate surface area is 169 Å². The normalized spacial score (nSPS) is 11.8. The molecule has 3 aromatic rings. The molecule has 3 rings (SSSR count). The van der Waals surface area contributed by atoms with E-state index in [1.807, 2.05) is 0 Å². The number of carboxylic acids is 1. The van der Waals surface area contributed by atoms with Gasteiger partial charge in [-0.2, -0.15) is 0 Å². The highest BCUT2D eigenvalue weighted by molar-refractivity contribution is 6.32. The van der Waals surface area contributed by atoms with Gasteiger partial charge in [-0.1, -0.05) is 35.9 Å². The lowest BCUT2D eigenvalue weighted by molar-refractivity contribution is -0.137. The van der Waals surface area contributed by atoms with E-state index < -0.39 is 35.7 Å². The van der Waals surface area contributed by atoms with Gasteiger partial charge >= 0.3 is 5.97 Å². The van der Waals surface area contributed by atoms with Crippen LogP contribution < -0.4 is 10.9 Å². The minimum Gasteiger partial charge on any atom is -0.481 e. The van der Waals surface area contributed by atoms with E-state index in [-0.39, 0.29) is 11.3 Å². The van der Waals surface area contributed by atoms with E-state index in [4.69, 9.17) is 16.7 Å². The average Bonchev–Trinajstić information content (AvgIpc) is 3.03. The van der Waals surface area contributed by atoms with Crippen LogP contribution >= 0.6 is 11.6 Å². The number of para-hydroxylation sites is 1. The summed E-state index contributed by atoms with van der Waals surface area (Å²) >= 11 is 6.08. The van der Waals surface area contributed by atoms with Crippen molar-refractivity contribution in [3.8, 4) is 5.69 Å². The minimum atomic E-state index is -1.21. The van der Waals surface area contributed by atoms with Crippen LogP contribution in [0, 0.1) is 12.7 Å². The van der Waals surface area contributed by atoms with E-state index in [2.05, 4.69) is 10.4 Å². The smallest absolute Gasteiger partial charge is 0.305 e. The molecular formula is C20H17ClFN3O4. The van der Waals surface area contributed by atoms with Crippen LogP contribution in [0.4, 0.5) is 4.39 Å². The van der Waals surface area contributed by atoms with Gasteiger partial charge in [-0.15, -0.1) is 0 Å². The first-order valence-corrected chi connectivity index (χ1v) is 8.99. The van der Waals surface area contributed by atoms with Gasteiger partial charge in [0.25, 0.3) is 11.5 Å². The summed E-state index contributed by atoms with van der Waals surface area (Å²) in [6.45, 7) is 1.69. The fourth-order valence-electron chi connectivity index (χ4n) is 2.89. The third kappa shape index (κ3) is 4.55. The van der Waals surface area contributed by atoms with Crippen molar-refractivity contribution in [1.82, 2.24) is 15.1 Å². The van der Waals surface area contributed by atoms with Crippen LogP contribution in [-0.2, 0) is 4.79 Å². The second-order valence-corrected chi connectivity index (χ2v) is 6.85. The van der Waals surface area contributed by atoms with Crippen LogP contribution in [0.3, 0.4) is 0 Å². The highest BCUT2D eigenvalue weighted by Crippen LogP contribution is 2.22. The minimum absolute atomic E-state index is 0.0410. The summed E-state index contributed by atoms with van der Waals surface area (Å²) in [4.78, 5) is 36.1. The molecule has 2 aromatic carbocycles. The number of hydrogen-bond acceptors (Lipinski definition) is 3. The Kier molecular flexibility index (Phi) is 5.84. The summed E-state index contributed by atoms with van der Waals surface area (Å²) in [5.41, 5.74) is 0.411. The standard InChI is InChI=1S/C20H17ClFN3O4/c1-11-6-7-12(14(22)8-11)15(10-19(27)28)23-20(29)16-9-18(26)25(24-16)17-5-3-2-4-13(17)21/h2-9,15,24H,10H2,1H3,(H,23,29)(H,27,28). The van der Waals surface area contributed by atoms with E-state index in [0.29, 0.717) is 16.3 Å². The number of rotatable bonds is 6. The molecule has 0 radical (unpaired) electrons. The van der Waals surface area contributed by atoms with E-state index in [0.717, 1.165) is 10.7 Å². The number of hydrogen-bond donors (Lipinski definition) is 3. The first kappa shape index (κ1) is 20.3. The van der Waals surface area contributed by atoms with Crippen molar-refractivity contribution in [2.24, 2.45) is 0 Å². The van der Waals surface area contributed by atoms with Gasteiger partial charge in [0.1, 0.15) is 11.5 Å². The Morgan fingerprint density at radius 3 is 2.62 bits per heavy atom. The molecule has 9 heteroatoms. The molecule has 1 heterocycles. The van der Waals surface area contributed by atoms with E-state index in [1.165, 1.54) is 12.1 Å². The van der Waals surface area contributed by atoms with Gasteiger partial charge in [0, 0.05) is 11.6 Å². The molecule has 0 spiro atoms. The Hall–Kier alpha value is -3.39. The van der Waals surface area contributed by atoms with Crippen LogP contribution in [0.2, 0.25) is 5.02 Å². The van der Waals surface area contributed by atoms with Gasteiger partial charge in [-0.3, -0.25) is 19.5 Å². The molecule has 0 aliphatic carbocycles. The third-order valence-electron chi connectivity index (χ3n) is 4.27. The van der Waals surface area contributed by atoms with Gasteiger partial charge in [0.15, 0.2) is 0 Å². The number of aryl methyl sites for hydroxylation is 1. The molecule has 1 unspecified atom stereocenters. The molecule has 0 fully saturated rings. The number of aromatic amines is 1. The van der Waals surface area contributed by atoms with Crippen molar-refractivity contribution < 1.29 is 19.1 Å². The number of H-pyrrole nitrogens is 1. The number of carboxylic acid groups (broad SMARTS) is 1. The largest absolute Gasteiger partial charge is 0.481 e. The number of aliphatic carboxylic acids is 1. The van der Waals surface area contributed by atoms with Crippen molar-refractivity contribution in [1.29, 1.82) is 0 Å². The Morgan fingerprint density at radius 1 is 1.24 bits per heavy atom. The van der Waals surface area contributed by atoms with E-state index in [9.17, 15) is 18.8 Å². The Balaban J connectivity index is 1.91. The van der Waals surface area contributed by atoms with Crippen LogP contribution in [0.1, 0.15) is 34.1 Å². The summed E-state index contributed by atoms with van der Waals surface area (Å²) in [7, 11) is 0. The number of amides is 1. The summed E-state index contributed by atoms with van der Waals surface area (Å²) in [5.74, 6) is -2.59. The molecule has 7 nitrogen and oxygen atoms in total. The highest BCUT2D eigenvalue weighted by Gasteiger charge is 2.23. The number of aromatic nitrogens is 2. The fourth-order valence-corrected chi connectivity index (χ4v) is 3.11. The van der Waals surface area contributed by atoms with Gasteiger partial charge in [0.05, 0.1) is 23.2 Å². The SMILES string of the molecule is Cc1ccc(C(CC(=O)O)NC(=O)c2cc(=O)n(-c3ccccc3Cl)[nH]2)c(F)c1. The molecule has 150 valence electrons. The summed E-state index contributed by atoms with van der Waals surface area (Å²) in [6.07, 6.45) is -0.527. The zero-order chi connectivity index (χ0) is 21.1. The lowest BCUT2D eigenvalue weighted by Crippen LogP contribution is -2.31. The zero-order valence-electron chi connectivity index (χ0n) is 15.3.